The molecule has 1 fully saturated rings. The zero-order valence-corrected chi connectivity index (χ0v) is 12.7. The van der Waals surface area contributed by atoms with Gasteiger partial charge in [0.25, 0.3) is 5.91 Å². The van der Waals surface area contributed by atoms with Crippen molar-refractivity contribution in [3.63, 3.8) is 0 Å². The number of hydrogen-bond acceptors (Lipinski definition) is 4. The predicted octanol–water partition coefficient (Wildman–Crippen LogP) is 2.32. The first-order valence-electron chi connectivity index (χ1n) is 6.42. The Labute approximate surface area is 125 Å². The van der Waals surface area contributed by atoms with E-state index in [0.29, 0.717) is 23.0 Å². The number of carbonyl (C=O) groups is 2. The minimum absolute atomic E-state index is 0.00229. The molecule has 1 aliphatic rings. The zero-order valence-electron chi connectivity index (χ0n) is 11.1. The van der Waals surface area contributed by atoms with Gasteiger partial charge in [-0.1, -0.05) is 0 Å². The van der Waals surface area contributed by atoms with E-state index < -0.39 is 6.04 Å². The number of amides is 1. The Kier molecular flexibility index (Phi) is 4.65. The molecule has 0 aliphatic carbocycles. The number of rotatable bonds is 2. The smallest absolute Gasteiger partial charge is 0.328 e. The summed E-state index contributed by atoms with van der Waals surface area (Å²) in [6.07, 6.45) is 2.37. The molecule has 2 rings (SSSR count). The van der Waals surface area contributed by atoms with E-state index in [2.05, 4.69) is 15.9 Å². The monoisotopic (exact) mass is 341 g/mol. The maximum atomic E-state index is 12.5. The zero-order chi connectivity index (χ0) is 14.7. The standard InChI is InChI=1S/C14H16BrNO4/c1-20-14(19)11-4-2-3-7-16(11)13(18)9-5-6-10(15)12(17)8-9/h5-6,8,11,17H,2-4,7H2,1H3/t11-/m1/s1. The van der Waals surface area contributed by atoms with Gasteiger partial charge in [0.1, 0.15) is 11.8 Å². The van der Waals surface area contributed by atoms with E-state index >= 15 is 0 Å². The van der Waals surface area contributed by atoms with Crippen LogP contribution in [0.15, 0.2) is 22.7 Å². The molecule has 1 atom stereocenters. The number of nitrogens with zero attached hydrogens (tertiary/aromatic N) is 1. The number of phenols is 1. The van der Waals surface area contributed by atoms with Crippen LogP contribution in [-0.4, -0.2) is 41.6 Å². The third-order valence-electron chi connectivity index (χ3n) is 3.43. The number of phenolic OH excluding ortho intramolecular Hbond substituents is 1. The molecule has 1 saturated heterocycles. The van der Waals surface area contributed by atoms with Gasteiger partial charge in [-0.15, -0.1) is 0 Å². The van der Waals surface area contributed by atoms with Crippen LogP contribution in [0.1, 0.15) is 29.6 Å². The summed E-state index contributed by atoms with van der Waals surface area (Å²) in [6.45, 7) is 0.523. The Morgan fingerprint density at radius 1 is 1.40 bits per heavy atom. The highest BCUT2D eigenvalue weighted by Crippen LogP contribution is 2.27. The lowest BCUT2D eigenvalue weighted by atomic mass is 10.0. The number of carbonyl (C=O) groups excluding carboxylic acids is 2. The number of aromatic hydroxyl groups is 1. The number of piperidine rings is 1. The molecule has 1 amide bonds. The molecule has 0 bridgehead atoms. The van der Waals surface area contributed by atoms with E-state index in [1.54, 1.807) is 12.1 Å². The van der Waals surface area contributed by atoms with Gasteiger partial charge in [-0.2, -0.15) is 0 Å². The third kappa shape index (κ3) is 2.95. The van der Waals surface area contributed by atoms with Gasteiger partial charge in [0.2, 0.25) is 0 Å². The van der Waals surface area contributed by atoms with E-state index in [9.17, 15) is 14.7 Å². The summed E-state index contributed by atoms with van der Waals surface area (Å²) in [5.41, 5.74) is 0.363. The largest absolute Gasteiger partial charge is 0.507 e. The summed E-state index contributed by atoms with van der Waals surface area (Å²) >= 11 is 3.17. The van der Waals surface area contributed by atoms with Crippen LogP contribution in [0.4, 0.5) is 0 Å². The molecule has 1 heterocycles. The summed E-state index contributed by atoms with van der Waals surface area (Å²) in [7, 11) is 1.32. The Morgan fingerprint density at radius 3 is 2.80 bits per heavy atom. The quantitative estimate of drug-likeness (QED) is 0.838. The van der Waals surface area contributed by atoms with Crippen molar-refractivity contribution >= 4 is 27.8 Å². The molecule has 6 heteroatoms. The number of likely N-dealkylation sites (tertiary alicyclic amines) is 1. The van der Waals surface area contributed by atoms with Crippen LogP contribution in [0, 0.1) is 0 Å². The van der Waals surface area contributed by atoms with E-state index in [1.807, 2.05) is 0 Å². The Bertz CT molecular complexity index is 532. The molecule has 1 aromatic carbocycles. The highest BCUT2D eigenvalue weighted by Gasteiger charge is 2.33. The normalized spacial score (nSPS) is 18.7. The van der Waals surface area contributed by atoms with Crippen LogP contribution in [0.25, 0.3) is 0 Å². The van der Waals surface area contributed by atoms with Crippen molar-refractivity contribution in [3.05, 3.63) is 28.2 Å². The molecule has 1 aliphatic heterocycles. The van der Waals surface area contributed by atoms with Crippen LogP contribution in [0.3, 0.4) is 0 Å². The van der Waals surface area contributed by atoms with Gasteiger partial charge >= 0.3 is 5.97 Å². The first kappa shape index (κ1) is 14.8. The molecule has 108 valence electrons. The molecule has 20 heavy (non-hydrogen) atoms. The lowest BCUT2D eigenvalue weighted by Gasteiger charge is -2.33. The molecule has 1 N–H and O–H groups in total. The molecule has 0 spiro atoms. The van der Waals surface area contributed by atoms with Crippen molar-refractivity contribution in [1.29, 1.82) is 0 Å². The maximum absolute atomic E-state index is 12.5. The van der Waals surface area contributed by atoms with Crippen molar-refractivity contribution in [3.8, 4) is 5.75 Å². The molecule has 0 radical (unpaired) electrons. The average Bonchev–Trinajstić information content (AvgIpc) is 2.48. The highest BCUT2D eigenvalue weighted by molar-refractivity contribution is 9.10. The van der Waals surface area contributed by atoms with Crippen LogP contribution in [0.2, 0.25) is 0 Å². The average molecular weight is 342 g/mol. The number of esters is 1. The molecule has 1 aromatic rings. The van der Waals surface area contributed by atoms with Gasteiger partial charge in [-0.05, 0) is 53.4 Å². The summed E-state index contributed by atoms with van der Waals surface area (Å²) in [4.78, 5) is 25.8. The van der Waals surface area contributed by atoms with Gasteiger partial charge in [-0.25, -0.2) is 4.79 Å². The van der Waals surface area contributed by atoms with Gasteiger partial charge in [-0.3, -0.25) is 4.79 Å². The van der Waals surface area contributed by atoms with Crippen LogP contribution in [0.5, 0.6) is 5.75 Å². The first-order chi connectivity index (χ1) is 9.54. The van der Waals surface area contributed by atoms with Crippen molar-refractivity contribution in [2.75, 3.05) is 13.7 Å². The molecule has 5 nitrogen and oxygen atoms in total. The Morgan fingerprint density at radius 2 is 2.15 bits per heavy atom. The molecular formula is C14H16BrNO4. The van der Waals surface area contributed by atoms with Gasteiger partial charge in [0.15, 0.2) is 0 Å². The number of ether oxygens (including phenoxy) is 1. The van der Waals surface area contributed by atoms with Crippen LogP contribution in [-0.2, 0) is 9.53 Å². The fourth-order valence-electron chi connectivity index (χ4n) is 2.37. The molecular weight excluding hydrogens is 326 g/mol. The minimum atomic E-state index is -0.535. The van der Waals surface area contributed by atoms with E-state index in [4.69, 9.17) is 4.74 Å². The maximum Gasteiger partial charge on any atom is 0.328 e. The summed E-state index contributed by atoms with van der Waals surface area (Å²) < 4.78 is 5.28. The molecule has 0 unspecified atom stereocenters. The third-order valence-corrected chi connectivity index (χ3v) is 4.10. The van der Waals surface area contributed by atoms with Gasteiger partial charge in [0.05, 0.1) is 11.6 Å². The number of hydrogen-bond donors (Lipinski definition) is 1. The SMILES string of the molecule is COC(=O)[C@H]1CCCCN1C(=O)c1ccc(Br)c(O)c1. The van der Waals surface area contributed by atoms with E-state index in [0.717, 1.165) is 12.8 Å². The minimum Gasteiger partial charge on any atom is -0.507 e. The Balaban J connectivity index is 2.25. The second-order valence-electron chi connectivity index (χ2n) is 4.70. The van der Waals surface area contributed by atoms with Crippen molar-refractivity contribution in [2.45, 2.75) is 25.3 Å². The first-order valence-corrected chi connectivity index (χ1v) is 7.21. The van der Waals surface area contributed by atoms with Crippen molar-refractivity contribution in [1.82, 2.24) is 4.90 Å². The fourth-order valence-corrected chi connectivity index (χ4v) is 2.61. The fraction of sp³-hybridized carbons (Fsp3) is 0.429. The summed E-state index contributed by atoms with van der Waals surface area (Å²) in [5, 5.41) is 9.66. The number of benzene rings is 1. The van der Waals surface area contributed by atoms with Crippen LogP contribution >= 0.6 is 15.9 Å². The van der Waals surface area contributed by atoms with Gasteiger partial charge in [0, 0.05) is 12.1 Å². The van der Waals surface area contributed by atoms with Crippen molar-refractivity contribution < 1.29 is 19.4 Å². The second kappa shape index (κ2) is 6.26. The lowest BCUT2D eigenvalue weighted by molar-refractivity contribution is -0.147. The number of halogens is 1. The number of methoxy groups -OCH3 is 1. The highest BCUT2D eigenvalue weighted by atomic mass is 79.9. The van der Waals surface area contributed by atoms with Crippen LogP contribution < -0.4 is 0 Å². The van der Waals surface area contributed by atoms with Crippen molar-refractivity contribution in [2.24, 2.45) is 0 Å². The summed E-state index contributed by atoms with van der Waals surface area (Å²) in [5.74, 6) is -0.648. The van der Waals surface area contributed by atoms with Gasteiger partial charge < -0.3 is 14.7 Å². The molecule has 0 aromatic heterocycles. The predicted molar refractivity (Wildman–Crippen MR) is 76.5 cm³/mol. The van der Waals surface area contributed by atoms with E-state index in [1.165, 1.54) is 18.1 Å². The summed E-state index contributed by atoms with van der Waals surface area (Å²) in [6, 6.07) is 4.09. The van der Waals surface area contributed by atoms with E-state index in [-0.39, 0.29) is 17.6 Å². The Hall–Kier alpha value is -1.56. The lowest BCUT2D eigenvalue weighted by Crippen LogP contribution is -2.48. The second-order valence-corrected chi connectivity index (χ2v) is 5.55. The topological polar surface area (TPSA) is 66.8 Å². The molecule has 0 saturated carbocycles.